The molecule has 0 aliphatic heterocycles. The number of para-hydroxylation sites is 1. The van der Waals surface area contributed by atoms with Crippen LogP contribution in [0.3, 0.4) is 0 Å². The highest BCUT2D eigenvalue weighted by atomic mass is 16.6. The molecule has 1 aliphatic carbocycles. The minimum atomic E-state index is -1.03. The Morgan fingerprint density at radius 2 is 1.95 bits per heavy atom. The average molecular weight is 286 g/mol. The molecular weight excluding hydrogens is 268 g/mol. The Labute approximate surface area is 122 Å². The lowest BCUT2D eigenvalue weighted by molar-refractivity contribution is 0.00461. The molecule has 1 aromatic carbocycles. The molecule has 0 spiro atoms. The number of hydrogen-bond acceptors (Lipinski definition) is 4. The van der Waals surface area contributed by atoms with E-state index in [4.69, 9.17) is 9.15 Å². The molecule has 0 bridgehead atoms. The Morgan fingerprint density at radius 1 is 1.24 bits per heavy atom. The highest BCUT2D eigenvalue weighted by Crippen LogP contribution is 2.34. The molecule has 1 N–H and O–H groups in total. The molecule has 0 radical (unpaired) electrons. The van der Waals surface area contributed by atoms with Crippen LogP contribution in [0.25, 0.3) is 11.0 Å². The second kappa shape index (κ2) is 5.37. The van der Waals surface area contributed by atoms with E-state index >= 15 is 0 Å². The first kappa shape index (κ1) is 13.9. The van der Waals surface area contributed by atoms with Gasteiger partial charge in [-0.15, -0.1) is 0 Å². The van der Waals surface area contributed by atoms with Gasteiger partial charge in [0, 0.05) is 0 Å². The number of fused-ring (bicyclic) bond motifs is 1. The van der Waals surface area contributed by atoms with E-state index in [1.165, 1.54) is 6.07 Å². The fraction of sp³-hybridized carbons (Fsp3) is 0.353. The summed E-state index contributed by atoms with van der Waals surface area (Å²) in [5, 5.41) is 11.0. The maximum absolute atomic E-state index is 12.0. The number of aliphatic hydroxyl groups is 1. The smallest absolute Gasteiger partial charge is 0.294 e. The van der Waals surface area contributed by atoms with Crippen LogP contribution in [0.5, 0.6) is 5.95 Å². The molecule has 2 aromatic rings. The van der Waals surface area contributed by atoms with Crippen LogP contribution in [-0.2, 0) is 0 Å². The summed E-state index contributed by atoms with van der Waals surface area (Å²) in [5.74, 6) is 0.323. The van der Waals surface area contributed by atoms with Gasteiger partial charge in [-0.3, -0.25) is 4.79 Å². The number of ether oxygens (including phenoxy) is 1. The van der Waals surface area contributed by atoms with Crippen LogP contribution >= 0.6 is 0 Å². The summed E-state index contributed by atoms with van der Waals surface area (Å²) >= 11 is 0. The molecule has 1 heterocycles. The fourth-order valence-corrected chi connectivity index (χ4v) is 2.76. The lowest BCUT2D eigenvalue weighted by atomic mass is 9.84. The SMILES string of the molecule is C=C(Oc1cc(=O)c2ccccc2o1)C1(O)CCCCC1. The van der Waals surface area contributed by atoms with Crippen LogP contribution in [0.15, 0.2) is 51.9 Å². The first-order valence-electron chi connectivity index (χ1n) is 7.21. The Morgan fingerprint density at radius 3 is 2.71 bits per heavy atom. The normalized spacial score (nSPS) is 17.6. The van der Waals surface area contributed by atoms with E-state index in [1.807, 2.05) is 0 Å². The van der Waals surface area contributed by atoms with Crippen LogP contribution in [-0.4, -0.2) is 10.7 Å². The molecule has 1 aromatic heterocycles. The Hall–Kier alpha value is -2.07. The second-order valence-corrected chi connectivity index (χ2v) is 5.54. The number of hydrogen-bond donors (Lipinski definition) is 1. The van der Waals surface area contributed by atoms with Crippen LogP contribution in [0.2, 0.25) is 0 Å². The fourth-order valence-electron chi connectivity index (χ4n) is 2.76. The molecule has 110 valence electrons. The lowest BCUT2D eigenvalue weighted by Crippen LogP contribution is -2.35. The largest absolute Gasteiger partial charge is 0.428 e. The molecule has 0 saturated heterocycles. The number of rotatable bonds is 3. The zero-order valence-corrected chi connectivity index (χ0v) is 11.8. The van der Waals surface area contributed by atoms with E-state index in [0.717, 1.165) is 19.3 Å². The molecule has 0 unspecified atom stereocenters. The van der Waals surface area contributed by atoms with Crippen LogP contribution in [0.4, 0.5) is 0 Å². The van der Waals surface area contributed by atoms with Gasteiger partial charge in [-0.1, -0.05) is 38.0 Å². The molecule has 3 rings (SSSR count). The molecule has 0 amide bonds. The monoisotopic (exact) mass is 286 g/mol. The van der Waals surface area contributed by atoms with Crippen LogP contribution in [0.1, 0.15) is 32.1 Å². The summed E-state index contributed by atoms with van der Waals surface area (Å²) in [7, 11) is 0. The predicted molar refractivity (Wildman–Crippen MR) is 80.3 cm³/mol. The van der Waals surface area contributed by atoms with Gasteiger partial charge in [0.2, 0.25) is 0 Å². The van der Waals surface area contributed by atoms with Gasteiger partial charge in [0.25, 0.3) is 5.95 Å². The molecule has 0 atom stereocenters. The van der Waals surface area contributed by atoms with E-state index in [-0.39, 0.29) is 17.1 Å². The standard InChI is InChI=1S/C17H18O4/c1-12(17(19)9-5-2-6-10-17)20-16-11-14(18)13-7-3-4-8-15(13)21-16/h3-4,7-8,11,19H,1-2,5-6,9-10H2. The molecule has 1 aliphatic rings. The highest BCUT2D eigenvalue weighted by molar-refractivity contribution is 5.76. The van der Waals surface area contributed by atoms with E-state index in [9.17, 15) is 9.90 Å². The average Bonchev–Trinajstić information content (AvgIpc) is 2.48. The molecule has 4 heteroatoms. The van der Waals surface area contributed by atoms with Gasteiger partial charge >= 0.3 is 0 Å². The minimum Gasteiger partial charge on any atom is -0.428 e. The van der Waals surface area contributed by atoms with Gasteiger partial charge in [-0.2, -0.15) is 0 Å². The molecule has 1 saturated carbocycles. The summed E-state index contributed by atoms with van der Waals surface area (Å²) < 4.78 is 11.1. The zero-order chi connectivity index (χ0) is 14.9. The molecule has 4 nitrogen and oxygen atoms in total. The second-order valence-electron chi connectivity index (χ2n) is 5.54. The van der Waals surface area contributed by atoms with Gasteiger partial charge in [-0.25, -0.2) is 0 Å². The van der Waals surface area contributed by atoms with Gasteiger partial charge in [-0.05, 0) is 25.0 Å². The first-order valence-corrected chi connectivity index (χ1v) is 7.21. The maximum atomic E-state index is 12.0. The van der Waals surface area contributed by atoms with Crippen molar-refractivity contribution in [3.63, 3.8) is 0 Å². The Bertz CT molecular complexity index is 723. The molecule has 1 fully saturated rings. The van der Waals surface area contributed by atoms with Crippen molar-refractivity contribution in [2.75, 3.05) is 0 Å². The summed E-state index contributed by atoms with van der Waals surface area (Å²) in [5.41, 5.74) is -0.735. The van der Waals surface area contributed by atoms with Crippen molar-refractivity contribution in [3.8, 4) is 5.95 Å². The Balaban J connectivity index is 1.88. The van der Waals surface area contributed by atoms with Gasteiger partial charge in [0.15, 0.2) is 5.43 Å². The van der Waals surface area contributed by atoms with Crippen molar-refractivity contribution in [2.45, 2.75) is 37.7 Å². The summed E-state index contributed by atoms with van der Waals surface area (Å²) in [4.78, 5) is 12.0. The molecular formula is C17H18O4. The van der Waals surface area contributed by atoms with Crippen molar-refractivity contribution >= 4 is 11.0 Å². The van der Waals surface area contributed by atoms with Crippen molar-refractivity contribution in [3.05, 3.63) is 52.9 Å². The maximum Gasteiger partial charge on any atom is 0.294 e. The van der Waals surface area contributed by atoms with Gasteiger partial charge in [0.05, 0.1) is 11.5 Å². The van der Waals surface area contributed by atoms with E-state index in [0.29, 0.717) is 23.8 Å². The van der Waals surface area contributed by atoms with E-state index < -0.39 is 5.60 Å². The summed E-state index contributed by atoms with van der Waals surface area (Å²) in [6.07, 6.45) is 4.26. The van der Waals surface area contributed by atoms with Crippen LogP contribution in [0, 0.1) is 0 Å². The Kier molecular flexibility index (Phi) is 3.55. The van der Waals surface area contributed by atoms with E-state index in [2.05, 4.69) is 6.58 Å². The lowest BCUT2D eigenvalue weighted by Gasteiger charge is -2.32. The van der Waals surface area contributed by atoms with E-state index in [1.54, 1.807) is 24.3 Å². The third kappa shape index (κ3) is 2.72. The topological polar surface area (TPSA) is 59.7 Å². The van der Waals surface area contributed by atoms with Crippen molar-refractivity contribution in [1.29, 1.82) is 0 Å². The first-order chi connectivity index (χ1) is 10.1. The third-order valence-corrected chi connectivity index (χ3v) is 4.04. The third-order valence-electron chi connectivity index (χ3n) is 4.04. The van der Waals surface area contributed by atoms with Crippen molar-refractivity contribution in [1.82, 2.24) is 0 Å². The summed E-state index contributed by atoms with van der Waals surface area (Å²) in [6.45, 7) is 3.82. The quantitative estimate of drug-likeness (QED) is 0.879. The number of benzene rings is 1. The van der Waals surface area contributed by atoms with Gasteiger partial charge < -0.3 is 14.3 Å². The zero-order valence-electron chi connectivity index (χ0n) is 11.8. The van der Waals surface area contributed by atoms with Crippen LogP contribution < -0.4 is 10.2 Å². The highest BCUT2D eigenvalue weighted by Gasteiger charge is 2.34. The van der Waals surface area contributed by atoms with Gasteiger partial charge in [0.1, 0.15) is 16.9 Å². The molecule has 21 heavy (non-hydrogen) atoms. The minimum absolute atomic E-state index is 0.0719. The summed E-state index contributed by atoms with van der Waals surface area (Å²) in [6, 6.07) is 8.28. The van der Waals surface area contributed by atoms with Crippen molar-refractivity contribution in [2.24, 2.45) is 0 Å². The van der Waals surface area contributed by atoms with Crippen molar-refractivity contribution < 1.29 is 14.3 Å². The predicted octanol–water partition coefficient (Wildman–Crippen LogP) is 3.38.